The highest BCUT2D eigenvalue weighted by Gasteiger charge is 2.25. The van der Waals surface area contributed by atoms with Crippen molar-refractivity contribution in [3.8, 4) is 0 Å². The first kappa shape index (κ1) is 37.6. The van der Waals surface area contributed by atoms with E-state index in [1.165, 1.54) is 11.6 Å². The van der Waals surface area contributed by atoms with Gasteiger partial charge in [0.05, 0.1) is 11.9 Å². The molecule has 0 aliphatic carbocycles. The van der Waals surface area contributed by atoms with Crippen molar-refractivity contribution in [2.24, 2.45) is 0 Å². The van der Waals surface area contributed by atoms with Gasteiger partial charge in [0, 0.05) is 62.5 Å². The summed E-state index contributed by atoms with van der Waals surface area (Å²) in [6.07, 6.45) is 5.72. The zero-order chi connectivity index (χ0) is 36.3. The number of hydrogen-bond acceptors (Lipinski definition) is 6. The molecule has 10 heteroatoms. The molecule has 2 aliphatic heterocycles. The summed E-state index contributed by atoms with van der Waals surface area (Å²) in [6, 6.07) is 22.7. The fourth-order valence-corrected chi connectivity index (χ4v) is 6.89. The smallest absolute Gasteiger partial charge is 0.287 e. The van der Waals surface area contributed by atoms with Crippen molar-refractivity contribution in [2.75, 3.05) is 44.2 Å². The van der Waals surface area contributed by atoms with E-state index in [0.29, 0.717) is 56.0 Å². The van der Waals surface area contributed by atoms with Crippen LogP contribution in [0.5, 0.6) is 0 Å². The molecule has 51 heavy (non-hydrogen) atoms. The Bertz CT molecular complexity index is 1850. The van der Waals surface area contributed by atoms with Gasteiger partial charge in [-0.05, 0) is 80.0 Å². The Hall–Kier alpha value is -4.63. The van der Waals surface area contributed by atoms with Crippen molar-refractivity contribution in [3.05, 3.63) is 110 Å². The van der Waals surface area contributed by atoms with Crippen LogP contribution in [-0.4, -0.2) is 66.8 Å². The molecule has 3 heterocycles. The number of para-hydroxylation sites is 1. The van der Waals surface area contributed by atoms with E-state index in [2.05, 4.69) is 36.2 Å². The number of halogens is 1. The topological polar surface area (TPSA) is 103 Å². The first-order valence-corrected chi connectivity index (χ1v) is 18.5. The van der Waals surface area contributed by atoms with Crippen LogP contribution >= 0.6 is 11.6 Å². The normalized spacial score (nSPS) is 15.3. The van der Waals surface area contributed by atoms with Gasteiger partial charge < -0.3 is 24.4 Å². The van der Waals surface area contributed by atoms with E-state index in [4.69, 9.17) is 16.0 Å². The van der Waals surface area contributed by atoms with Gasteiger partial charge in [-0.25, -0.2) is 0 Å². The van der Waals surface area contributed by atoms with Crippen molar-refractivity contribution >= 4 is 46.0 Å². The summed E-state index contributed by atoms with van der Waals surface area (Å²) in [4.78, 5) is 57.0. The maximum atomic E-state index is 13.0. The van der Waals surface area contributed by atoms with Gasteiger partial charge in [-0.15, -0.1) is 0 Å². The molecule has 2 fully saturated rings. The molecule has 1 atom stereocenters. The number of rotatable bonds is 10. The van der Waals surface area contributed by atoms with E-state index in [1.54, 1.807) is 11.0 Å². The van der Waals surface area contributed by atoms with Crippen LogP contribution in [0.2, 0.25) is 5.02 Å². The molecule has 0 saturated carbocycles. The Labute approximate surface area is 305 Å². The van der Waals surface area contributed by atoms with Crippen LogP contribution in [0.4, 0.5) is 5.69 Å². The molecule has 0 bridgehead atoms. The van der Waals surface area contributed by atoms with E-state index in [1.807, 2.05) is 60.4 Å². The van der Waals surface area contributed by atoms with Gasteiger partial charge in [0.25, 0.3) is 5.91 Å². The predicted molar refractivity (Wildman–Crippen MR) is 203 cm³/mol. The molecular formula is C41H49ClN4O5. The average Bonchev–Trinajstić information content (AvgIpc) is 3.15. The van der Waals surface area contributed by atoms with E-state index >= 15 is 0 Å². The standard InChI is InChI=1S/C34H42N4O5.C7H7Cl/c1-3-9-24(4-2)25-13-14-30-27(20-25)29(39)21-31(43-30)34(42)35-22-33(41)37-18-16-36(17-19-37)28-11-6-5-10-26(28)23-38-15-8-7-12-32(38)40;1-6-2-4-7(8)5-3-6/h5-6,10-11,13-14,20-21,24H,3-4,7-9,12,15-19,22-23H2,1-2H3,(H,35,42);2-5H,1H3. The fourth-order valence-electron chi connectivity index (χ4n) is 6.77. The van der Waals surface area contributed by atoms with Gasteiger partial charge in [0.15, 0.2) is 11.2 Å². The van der Waals surface area contributed by atoms with Crippen LogP contribution in [0.1, 0.15) is 85.5 Å². The SMILES string of the molecule is CCCC(CC)c1ccc2oc(C(=O)NCC(=O)N3CCN(c4ccccc4CN4CCCCC4=O)CC3)cc(=O)c2c1.Cc1ccc(Cl)cc1. The van der Waals surface area contributed by atoms with Gasteiger partial charge in [-0.2, -0.15) is 0 Å². The molecule has 1 aromatic heterocycles. The van der Waals surface area contributed by atoms with E-state index < -0.39 is 5.91 Å². The number of nitrogens with zero attached hydrogens (tertiary/aromatic N) is 3. The zero-order valence-electron chi connectivity index (χ0n) is 30.0. The lowest BCUT2D eigenvalue weighted by Gasteiger charge is -2.37. The number of nitrogens with one attached hydrogen (secondary N) is 1. The second-order valence-corrected chi connectivity index (χ2v) is 13.8. The molecule has 3 aromatic carbocycles. The lowest BCUT2D eigenvalue weighted by Crippen LogP contribution is -2.51. The van der Waals surface area contributed by atoms with Crippen LogP contribution in [0.15, 0.2) is 82.0 Å². The molecule has 9 nitrogen and oxygen atoms in total. The minimum absolute atomic E-state index is 0.104. The van der Waals surface area contributed by atoms with Crippen molar-refractivity contribution in [2.45, 2.75) is 71.8 Å². The summed E-state index contributed by atoms with van der Waals surface area (Å²) in [6.45, 7) is 9.91. The predicted octanol–water partition coefficient (Wildman–Crippen LogP) is 7.33. The van der Waals surface area contributed by atoms with Crippen molar-refractivity contribution in [1.29, 1.82) is 0 Å². The van der Waals surface area contributed by atoms with Crippen LogP contribution in [-0.2, 0) is 16.1 Å². The van der Waals surface area contributed by atoms with E-state index in [-0.39, 0.29) is 29.5 Å². The molecular weight excluding hydrogens is 664 g/mol. The van der Waals surface area contributed by atoms with Gasteiger partial charge in [0.1, 0.15) is 5.58 Å². The Morgan fingerprint density at radius 1 is 0.902 bits per heavy atom. The number of carbonyl (C=O) groups excluding carboxylic acids is 3. The largest absolute Gasteiger partial charge is 0.451 e. The van der Waals surface area contributed by atoms with Crippen LogP contribution in [0.25, 0.3) is 11.0 Å². The number of aryl methyl sites for hydroxylation is 1. The second kappa shape index (κ2) is 18.0. The molecule has 1 N–H and O–H groups in total. The first-order valence-electron chi connectivity index (χ1n) is 18.1. The number of hydrogen-bond donors (Lipinski definition) is 1. The van der Waals surface area contributed by atoms with Crippen molar-refractivity contribution < 1.29 is 18.8 Å². The summed E-state index contributed by atoms with van der Waals surface area (Å²) in [5, 5.41) is 3.89. The lowest BCUT2D eigenvalue weighted by molar-refractivity contribution is -0.134. The summed E-state index contributed by atoms with van der Waals surface area (Å²) in [7, 11) is 0. The van der Waals surface area contributed by atoms with Gasteiger partial charge in [-0.1, -0.05) is 73.8 Å². The molecule has 0 radical (unpaired) electrons. The number of benzene rings is 3. The highest BCUT2D eigenvalue weighted by atomic mass is 35.5. The summed E-state index contributed by atoms with van der Waals surface area (Å²) in [5.74, 6) is -0.289. The minimum Gasteiger partial charge on any atom is -0.451 e. The van der Waals surface area contributed by atoms with E-state index in [9.17, 15) is 19.2 Å². The summed E-state index contributed by atoms with van der Waals surface area (Å²) < 4.78 is 5.78. The zero-order valence-corrected chi connectivity index (χ0v) is 30.7. The van der Waals surface area contributed by atoms with Crippen molar-refractivity contribution in [1.82, 2.24) is 15.1 Å². The van der Waals surface area contributed by atoms with Gasteiger partial charge in [-0.3, -0.25) is 19.2 Å². The maximum Gasteiger partial charge on any atom is 0.287 e. The fraction of sp³-hybridized carbons (Fsp3) is 0.415. The maximum absolute atomic E-state index is 13.0. The van der Waals surface area contributed by atoms with Crippen LogP contribution in [0.3, 0.4) is 0 Å². The molecule has 1 unspecified atom stereocenters. The third kappa shape index (κ3) is 10.0. The molecule has 0 spiro atoms. The molecule has 4 aromatic rings. The van der Waals surface area contributed by atoms with E-state index in [0.717, 1.165) is 60.5 Å². The Kier molecular flexibility index (Phi) is 13.3. The molecule has 6 rings (SSSR count). The Morgan fingerprint density at radius 2 is 1.65 bits per heavy atom. The number of anilines is 1. The van der Waals surface area contributed by atoms with Crippen LogP contribution < -0.4 is 15.6 Å². The van der Waals surface area contributed by atoms with Gasteiger partial charge >= 0.3 is 0 Å². The number of likely N-dealkylation sites (tertiary alicyclic amines) is 1. The highest BCUT2D eigenvalue weighted by Crippen LogP contribution is 2.28. The third-order valence-corrected chi connectivity index (χ3v) is 9.99. The number of piperidine rings is 1. The summed E-state index contributed by atoms with van der Waals surface area (Å²) >= 11 is 5.61. The molecule has 2 aliphatic rings. The first-order chi connectivity index (χ1) is 24.7. The average molecular weight is 713 g/mol. The number of amides is 3. The Morgan fingerprint density at radius 3 is 2.33 bits per heavy atom. The number of piperazine rings is 1. The number of carbonyl (C=O) groups is 3. The molecule has 3 amide bonds. The molecule has 2 saturated heterocycles. The van der Waals surface area contributed by atoms with Crippen LogP contribution in [0, 0.1) is 6.92 Å². The summed E-state index contributed by atoms with van der Waals surface area (Å²) in [5.41, 5.74) is 4.65. The van der Waals surface area contributed by atoms with Crippen molar-refractivity contribution in [3.63, 3.8) is 0 Å². The molecule has 270 valence electrons. The monoisotopic (exact) mass is 712 g/mol. The highest BCUT2D eigenvalue weighted by molar-refractivity contribution is 6.30. The minimum atomic E-state index is -0.589. The lowest BCUT2D eigenvalue weighted by atomic mass is 9.91. The third-order valence-electron chi connectivity index (χ3n) is 9.73. The second-order valence-electron chi connectivity index (χ2n) is 13.4. The quantitative estimate of drug-likeness (QED) is 0.185. The number of fused-ring (bicyclic) bond motifs is 1. The Balaban J connectivity index is 0.000000556. The van der Waals surface area contributed by atoms with Gasteiger partial charge in [0.2, 0.25) is 11.8 Å².